The number of carbonyl (C=O) groups excluding carboxylic acids is 1. The predicted molar refractivity (Wildman–Crippen MR) is 80.5 cm³/mol. The van der Waals surface area contributed by atoms with Gasteiger partial charge in [0.05, 0.1) is 12.6 Å². The van der Waals surface area contributed by atoms with Crippen LogP contribution in [0, 0.1) is 17.9 Å². The van der Waals surface area contributed by atoms with E-state index >= 15 is 0 Å². The molecule has 0 radical (unpaired) electrons. The summed E-state index contributed by atoms with van der Waals surface area (Å²) in [6, 6.07) is 3.13. The second kappa shape index (κ2) is 6.57. The Morgan fingerprint density at radius 2 is 2.00 bits per heavy atom. The van der Waals surface area contributed by atoms with Gasteiger partial charge in [0.2, 0.25) is 0 Å². The zero-order chi connectivity index (χ0) is 15.5. The average Bonchev–Trinajstić information content (AvgIpc) is 2.81. The van der Waals surface area contributed by atoms with Gasteiger partial charge in [0.25, 0.3) is 0 Å². The Hall–Kier alpha value is -1.41. The molecule has 0 saturated carbocycles. The third-order valence-corrected chi connectivity index (χ3v) is 3.66. The van der Waals surface area contributed by atoms with Crippen LogP contribution in [-0.4, -0.2) is 58.9 Å². The molecule has 0 aromatic heterocycles. The number of hydrogen-bond donors (Lipinski definition) is 1. The SMILES string of the molecule is CC(C)(C)OC(=O)N1CCCC(C#CN2CC[C@@H](O)C2)C1. The van der Waals surface area contributed by atoms with Gasteiger partial charge in [-0.25, -0.2) is 4.79 Å². The monoisotopic (exact) mass is 294 g/mol. The van der Waals surface area contributed by atoms with Crippen molar-refractivity contribution in [3.63, 3.8) is 0 Å². The topological polar surface area (TPSA) is 53.0 Å². The van der Waals surface area contributed by atoms with E-state index in [4.69, 9.17) is 4.74 Å². The number of aliphatic hydroxyl groups is 1. The molecule has 2 fully saturated rings. The maximum Gasteiger partial charge on any atom is 0.410 e. The molecule has 0 spiro atoms. The van der Waals surface area contributed by atoms with Gasteiger partial charge in [-0.15, -0.1) is 0 Å². The molecule has 5 heteroatoms. The number of piperidine rings is 1. The first-order chi connectivity index (χ1) is 9.83. The Balaban J connectivity index is 1.86. The van der Waals surface area contributed by atoms with Crippen LogP contribution in [0.15, 0.2) is 0 Å². The van der Waals surface area contributed by atoms with E-state index in [1.807, 2.05) is 25.7 Å². The van der Waals surface area contributed by atoms with Gasteiger partial charge in [0.1, 0.15) is 5.60 Å². The number of rotatable bonds is 0. The number of likely N-dealkylation sites (tertiary alicyclic amines) is 2. The highest BCUT2D eigenvalue weighted by molar-refractivity contribution is 5.68. The van der Waals surface area contributed by atoms with Gasteiger partial charge in [-0.2, -0.15) is 0 Å². The van der Waals surface area contributed by atoms with Crippen molar-refractivity contribution in [1.29, 1.82) is 0 Å². The molecule has 0 bridgehead atoms. The quantitative estimate of drug-likeness (QED) is 0.690. The number of nitrogens with zero attached hydrogens (tertiary/aromatic N) is 2. The Kier molecular flexibility index (Phi) is 5.00. The second-order valence-corrected chi connectivity index (χ2v) is 6.91. The molecule has 1 amide bonds. The first-order valence-electron chi connectivity index (χ1n) is 7.75. The van der Waals surface area contributed by atoms with Gasteiger partial charge in [-0.3, -0.25) is 0 Å². The zero-order valence-corrected chi connectivity index (χ0v) is 13.3. The molecule has 2 aliphatic heterocycles. The molecule has 1 N–H and O–H groups in total. The van der Waals surface area contributed by atoms with Gasteiger partial charge in [0, 0.05) is 31.6 Å². The van der Waals surface area contributed by atoms with Crippen LogP contribution < -0.4 is 0 Å². The summed E-state index contributed by atoms with van der Waals surface area (Å²) >= 11 is 0. The van der Waals surface area contributed by atoms with E-state index in [1.165, 1.54) is 0 Å². The molecule has 2 rings (SSSR count). The van der Waals surface area contributed by atoms with Gasteiger partial charge < -0.3 is 19.6 Å². The van der Waals surface area contributed by atoms with Gasteiger partial charge in [-0.1, -0.05) is 5.92 Å². The lowest BCUT2D eigenvalue weighted by Crippen LogP contribution is -2.42. The van der Waals surface area contributed by atoms with Crippen molar-refractivity contribution in [2.75, 3.05) is 26.2 Å². The number of β-amino-alcohol motifs (C(OH)–C–C–N with tert-alkyl or cyclic N) is 1. The minimum Gasteiger partial charge on any atom is -0.444 e. The van der Waals surface area contributed by atoms with Crippen molar-refractivity contribution in [2.45, 2.75) is 51.7 Å². The van der Waals surface area contributed by atoms with Crippen molar-refractivity contribution in [3.05, 3.63) is 0 Å². The van der Waals surface area contributed by atoms with E-state index in [9.17, 15) is 9.90 Å². The Morgan fingerprint density at radius 1 is 1.24 bits per heavy atom. The fourth-order valence-corrected chi connectivity index (χ4v) is 2.61. The van der Waals surface area contributed by atoms with Crippen LogP contribution in [0.4, 0.5) is 4.79 Å². The van der Waals surface area contributed by atoms with Crippen molar-refractivity contribution < 1.29 is 14.6 Å². The van der Waals surface area contributed by atoms with Crippen LogP contribution in [0.3, 0.4) is 0 Å². The third kappa shape index (κ3) is 5.13. The molecule has 0 aliphatic carbocycles. The third-order valence-electron chi connectivity index (χ3n) is 3.66. The summed E-state index contributed by atoms with van der Waals surface area (Å²) in [4.78, 5) is 15.8. The van der Waals surface area contributed by atoms with Crippen LogP contribution in [0.2, 0.25) is 0 Å². The molecule has 5 nitrogen and oxygen atoms in total. The highest BCUT2D eigenvalue weighted by atomic mass is 16.6. The molecule has 2 heterocycles. The van der Waals surface area contributed by atoms with E-state index < -0.39 is 5.60 Å². The van der Waals surface area contributed by atoms with Crippen molar-refractivity contribution in [3.8, 4) is 12.0 Å². The maximum absolute atomic E-state index is 12.1. The zero-order valence-electron chi connectivity index (χ0n) is 13.3. The number of hydrogen-bond acceptors (Lipinski definition) is 4. The van der Waals surface area contributed by atoms with E-state index in [1.54, 1.807) is 4.90 Å². The van der Waals surface area contributed by atoms with Crippen LogP contribution in [0.1, 0.15) is 40.0 Å². The molecule has 1 unspecified atom stereocenters. The van der Waals surface area contributed by atoms with E-state index in [2.05, 4.69) is 12.0 Å². The second-order valence-electron chi connectivity index (χ2n) is 6.91. The minimum atomic E-state index is -0.457. The summed E-state index contributed by atoms with van der Waals surface area (Å²) in [7, 11) is 0. The molecule has 2 saturated heterocycles. The Morgan fingerprint density at radius 3 is 2.62 bits per heavy atom. The first kappa shape index (κ1) is 16.0. The predicted octanol–water partition coefficient (Wildman–Crippen LogP) is 1.66. The van der Waals surface area contributed by atoms with Gasteiger partial charge >= 0.3 is 6.09 Å². The molecule has 21 heavy (non-hydrogen) atoms. The maximum atomic E-state index is 12.1. The lowest BCUT2D eigenvalue weighted by Gasteiger charge is -2.32. The van der Waals surface area contributed by atoms with Crippen LogP contribution in [0.25, 0.3) is 0 Å². The van der Waals surface area contributed by atoms with Crippen molar-refractivity contribution in [1.82, 2.24) is 9.80 Å². The van der Waals surface area contributed by atoms with E-state index in [0.29, 0.717) is 13.1 Å². The van der Waals surface area contributed by atoms with E-state index in [0.717, 1.165) is 32.4 Å². The molecule has 0 aromatic carbocycles. The van der Waals surface area contributed by atoms with Crippen LogP contribution in [0.5, 0.6) is 0 Å². The molecule has 118 valence electrons. The number of aliphatic hydroxyl groups excluding tert-OH is 1. The Bertz CT molecular complexity index is 433. The van der Waals surface area contributed by atoms with E-state index in [-0.39, 0.29) is 18.1 Å². The summed E-state index contributed by atoms with van der Waals surface area (Å²) in [5.74, 6) is 3.45. The lowest BCUT2D eigenvalue weighted by atomic mass is 9.99. The highest BCUT2D eigenvalue weighted by Crippen LogP contribution is 2.19. The summed E-state index contributed by atoms with van der Waals surface area (Å²) in [5.41, 5.74) is -0.457. The average molecular weight is 294 g/mol. The smallest absolute Gasteiger partial charge is 0.410 e. The molecule has 2 atom stereocenters. The molecular formula is C16H26N2O3. The van der Waals surface area contributed by atoms with Gasteiger partial charge in [0.15, 0.2) is 0 Å². The van der Waals surface area contributed by atoms with Crippen molar-refractivity contribution >= 4 is 6.09 Å². The molecule has 2 aliphatic rings. The number of ether oxygens (including phenoxy) is 1. The number of carbonyl (C=O) groups is 1. The fraction of sp³-hybridized carbons (Fsp3) is 0.812. The normalized spacial score (nSPS) is 26.3. The summed E-state index contributed by atoms with van der Waals surface area (Å²) in [6.07, 6.45) is 2.28. The molecular weight excluding hydrogens is 268 g/mol. The summed E-state index contributed by atoms with van der Waals surface area (Å²) in [6.45, 7) is 8.49. The largest absolute Gasteiger partial charge is 0.444 e. The van der Waals surface area contributed by atoms with Crippen LogP contribution in [-0.2, 0) is 4.74 Å². The first-order valence-corrected chi connectivity index (χ1v) is 7.75. The molecule has 0 aromatic rings. The lowest BCUT2D eigenvalue weighted by molar-refractivity contribution is 0.0190. The van der Waals surface area contributed by atoms with Crippen molar-refractivity contribution in [2.24, 2.45) is 5.92 Å². The number of amides is 1. The standard InChI is InChI=1S/C16H26N2O3/c1-16(2,3)21-15(20)18-8-4-5-13(11-18)6-9-17-10-7-14(19)12-17/h13-14,19H,4-5,7-8,10-12H2,1-3H3/t13?,14-/m1/s1. The minimum absolute atomic E-state index is 0.198. The summed E-state index contributed by atoms with van der Waals surface area (Å²) in [5, 5.41) is 9.48. The Labute approximate surface area is 127 Å². The van der Waals surface area contributed by atoms with Crippen LogP contribution >= 0.6 is 0 Å². The summed E-state index contributed by atoms with van der Waals surface area (Å²) < 4.78 is 5.41. The highest BCUT2D eigenvalue weighted by Gasteiger charge is 2.27. The van der Waals surface area contributed by atoms with Gasteiger partial charge in [-0.05, 0) is 40.0 Å². The fourth-order valence-electron chi connectivity index (χ4n) is 2.61.